The first kappa shape index (κ1) is 12.5. The van der Waals surface area contributed by atoms with Crippen LogP contribution in [-0.2, 0) is 0 Å². The number of amides is 1. The zero-order valence-electron chi connectivity index (χ0n) is 9.29. The first-order valence-electron chi connectivity index (χ1n) is 5.24. The number of nitrogens with one attached hydrogen (secondary N) is 1. The maximum atomic E-state index is 12.4. The van der Waals surface area contributed by atoms with Crippen molar-refractivity contribution < 1.29 is 18.0 Å². The van der Waals surface area contributed by atoms with Gasteiger partial charge in [0.1, 0.15) is 11.4 Å². The van der Waals surface area contributed by atoms with Crippen molar-refractivity contribution in [2.75, 3.05) is 18.8 Å². The highest BCUT2D eigenvalue weighted by Gasteiger charge is 2.35. The molecule has 0 aliphatic carbocycles. The molecule has 5 nitrogen and oxygen atoms in total. The van der Waals surface area contributed by atoms with Crippen molar-refractivity contribution in [3.8, 4) is 0 Å². The molecular weight excluding hydrogens is 249 g/mol. The molecule has 0 bridgehead atoms. The highest BCUT2D eigenvalue weighted by Crippen LogP contribution is 2.30. The Labute approximate surface area is 100 Å². The fourth-order valence-corrected chi connectivity index (χ4v) is 1.75. The number of carbonyl (C=O) groups is 1. The second kappa shape index (κ2) is 4.35. The molecule has 18 heavy (non-hydrogen) atoms. The van der Waals surface area contributed by atoms with Gasteiger partial charge in [-0.3, -0.25) is 9.89 Å². The minimum Gasteiger partial charge on any atom is -0.383 e. The van der Waals surface area contributed by atoms with E-state index in [1.807, 2.05) is 0 Å². The molecule has 0 aromatic carbocycles. The van der Waals surface area contributed by atoms with Crippen LogP contribution in [0.2, 0.25) is 0 Å². The molecule has 0 unspecified atom stereocenters. The third-order valence-electron chi connectivity index (χ3n) is 2.76. The lowest BCUT2D eigenvalue weighted by Crippen LogP contribution is -2.36. The molecule has 1 aliphatic heterocycles. The number of anilines is 1. The minimum absolute atomic E-state index is 0.0226. The van der Waals surface area contributed by atoms with Gasteiger partial charge in [-0.25, -0.2) is 0 Å². The molecule has 0 saturated carbocycles. The molecule has 2 heterocycles. The highest BCUT2D eigenvalue weighted by molar-refractivity contribution is 5.98. The van der Waals surface area contributed by atoms with E-state index >= 15 is 0 Å². The zero-order valence-corrected chi connectivity index (χ0v) is 9.29. The van der Waals surface area contributed by atoms with Crippen LogP contribution in [0.5, 0.6) is 0 Å². The van der Waals surface area contributed by atoms with Gasteiger partial charge in [-0.05, 0) is 6.42 Å². The Morgan fingerprint density at radius 1 is 1.50 bits per heavy atom. The summed E-state index contributed by atoms with van der Waals surface area (Å²) in [5, 5.41) is 6.01. The second-order valence-electron chi connectivity index (χ2n) is 3.93. The van der Waals surface area contributed by atoms with Gasteiger partial charge in [-0.2, -0.15) is 18.3 Å². The average Bonchev–Trinajstić information content (AvgIpc) is 2.73. The van der Waals surface area contributed by atoms with Gasteiger partial charge >= 0.3 is 6.18 Å². The Balaban J connectivity index is 2.09. The summed E-state index contributed by atoms with van der Waals surface area (Å²) in [7, 11) is 0. The van der Waals surface area contributed by atoms with E-state index in [9.17, 15) is 18.0 Å². The van der Waals surface area contributed by atoms with Gasteiger partial charge < -0.3 is 10.6 Å². The molecule has 0 atom stereocenters. The molecule has 0 spiro atoms. The number of rotatable bonds is 1. The summed E-state index contributed by atoms with van der Waals surface area (Å²) >= 11 is 0. The topological polar surface area (TPSA) is 75.0 Å². The molecule has 3 N–H and O–H groups in total. The van der Waals surface area contributed by atoms with Crippen molar-refractivity contribution in [3.05, 3.63) is 23.4 Å². The highest BCUT2D eigenvalue weighted by atomic mass is 19.4. The Kier molecular flexibility index (Phi) is 3.02. The second-order valence-corrected chi connectivity index (χ2v) is 3.93. The SMILES string of the molecule is Nc1[nH]ncc1C(=O)N1CC=C(C(F)(F)F)CC1. The molecule has 1 amide bonds. The molecular formula is C10H11F3N4O. The van der Waals surface area contributed by atoms with Gasteiger partial charge in [0.25, 0.3) is 5.91 Å². The van der Waals surface area contributed by atoms with E-state index in [0.717, 1.165) is 6.08 Å². The van der Waals surface area contributed by atoms with Crippen LogP contribution < -0.4 is 5.73 Å². The average molecular weight is 260 g/mol. The molecule has 2 rings (SSSR count). The van der Waals surface area contributed by atoms with E-state index in [0.29, 0.717) is 0 Å². The van der Waals surface area contributed by atoms with E-state index in [1.54, 1.807) is 0 Å². The van der Waals surface area contributed by atoms with Crippen LogP contribution in [0.3, 0.4) is 0 Å². The molecule has 1 aliphatic rings. The number of nitrogens with zero attached hydrogens (tertiary/aromatic N) is 2. The predicted molar refractivity (Wildman–Crippen MR) is 57.7 cm³/mol. The first-order valence-corrected chi connectivity index (χ1v) is 5.24. The van der Waals surface area contributed by atoms with Crippen LogP contribution in [0.25, 0.3) is 0 Å². The van der Waals surface area contributed by atoms with E-state index in [-0.39, 0.29) is 30.9 Å². The van der Waals surface area contributed by atoms with Crippen LogP contribution in [0.4, 0.5) is 19.0 Å². The van der Waals surface area contributed by atoms with E-state index in [4.69, 9.17) is 5.73 Å². The number of nitrogens with two attached hydrogens (primary N) is 1. The smallest absolute Gasteiger partial charge is 0.383 e. The predicted octanol–water partition coefficient (Wildman–Crippen LogP) is 1.33. The van der Waals surface area contributed by atoms with E-state index in [2.05, 4.69) is 10.2 Å². The number of aromatic amines is 1. The molecule has 8 heteroatoms. The number of halogens is 3. The Morgan fingerprint density at radius 3 is 2.67 bits per heavy atom. The van der Waals surface area contributed by atoms with Crippen molar-refractivity contribution in [1.82, 2.24) is 15.1 Å². The van der Waals surface area contributed by atoms with Gasteiger partial charge in [0.15, 0.2) is 0 Å². The number of carbonyl (C=O) groups excluding carboxylic acids is 1. The first-order chi connectivity index (χ1) is 8.39. The van der Waals surface area contributed by atoms with Gasteiger partial charge in [0.2, 0.25) is 0 Å². The standard InChI is InChI=1S/C10H11F3N4O/c11-10(12,13)6-1-3-17(4-2-6)9(18)7-5-15-16-8(7)14/h1,5H,2-4H2,(H3,14,15,16). The Morgan fingerprint density at radius 2 is 2.22 bits per heavy atom. The van der Waals surface area contributed by atoms with Crippen LogP contribution in [0.1, 0.15) is 16.8 Å². The number of alkyl halides is 3. The molecule has 0 fully saturated rings. The summed E-state index contributed by atoms with van der Waals surface area (Å²) in [4.78, 5) is 13.2. The minimum atomic E-state index is -4.32. The number of aromatic nitrogens is 2. The van der Waals surface area contributed by atoms with Crippen molar-refractivity contribution in [2.24, 2.45) is 0 Å². The normalized spacial score (nSPS) is 16.6. The third kappa shape index (κ3) is 2.31. The van der Waals surface area contributed by atoms with Crippen LogP contribution in [0, 0.1) is 0 Å². The summed E-state index contributed by atoms with van der Waals surface area (Å²) in [6, 6.07) is 0. The molecule has 98 valence electrons. The van der Waals surface area contributed by atoms with E-state index < -0.39 is 17.7 Å². The summed E-state index contributed by atoms with van der Waals surface area (Å²) < 4.78 is 37.2. The molecule has 1 aromatic rings. The van der Waals surface area contributed by atoms with Gasteiger partial charge in [0.05, 0.1) is 6.20 Å². The maximum absolute atomic E-state index is 12.4. The van der Waals surface area contributed by atoms with Crippen LogP contribution in [-0.4, -0.2) is 40.3 Å². The summed E-state index contributed by atoms with van der Waals surface area (Å²) in [5.74, 6) is -0.302. The molecule has 1 aromatic heterocycles. The van der Waals surface area contributed by atoms with Crippen LogP contribution in [0.15, 0.2) is 17.8 Å². The van der Waals surface area contributed by atoms with Gasteiger partial charge in [0, 0.05) is 18.7 Å². The Hall–Kier alpha value is -1.99. The van der Waals surface area contributed by atoms with Crippen LogP contribution >= 0.6 is 0 Å². The van der Waals surface area contributed by atoms with Gasteiger partial charge in [-0.1, -0.05) is 6.08 Å². The number of nitrogen functional groups attached to an aromatic ring is 1. The number of H-pyrrole nitrogens is 1. The number of hydrogen-bond acceptors (Lipinski definition) is 3. The van der Waals surface area contributed by atoms with Crippen molar-refractivity contribution in [2.45, 2.75) is 12.6 Å². The van der Waals surface area contributed by atoms with Gasteiger partial charge in [-0.15, -0.1) is 0 Å². The van der Waals surface area contributed by atoms with E-state index in [1.165, 1.54) is 11.1 Å². The fraction of sp³-hybridized carbons (Fsp3) is 0.400. The zero-order chi connectivity index (χ0) is 13.3. The summed E-state index contributed by atoms with van der Waals surface area (Å²) in [6.07, 6.45) is -2.23. The third-order valence-corrected chi connectivity index (χ3v) is 2.76. The lowest BCUT2D eigenvalue weighted by atomic mass is 10.1. The number of hydrogen-bond donors (Lipinski definition) is 2. The lowest BCUT2D eigenvalue weighted by Gasteiger charge is -2.27. The van der Waals surface area contributed by atoms with Crippen molar-refractivity contribution >= 4 is 11.7 Å². The molecule has 0 radical (unpaired) electrons. The largest absolute Gasteiger partial charge is 0.412 e. The Bertz CT molecular complexity index is 492. The quantitative estimate of drug-likeness (QED) is 0.748. The molecule has 0 saturated heterocycles. The fourth-order valence-electron chi connectivity index (χ4n) is 1.75. The monoisotopic (exact) mass is 260 g/mol. The summed E-state index contributed by atoms with van der Waals surface area (Å²) in [6.45, 7) is -0.0485. The van der Waals surface area contributed by atoms with Crippen molar-refractivity contribution in [1.29, 1.82) is 0 Å². The summed E-state index contributed by atoms with van der Waals surface area (Å²) in [5.41, 5.74) is 5.07. The maximum Gasteiger partial charge on any atom is 0.412 e. The van der Waals surface area contributed by atoms with Crippen molar-refractivity contribution in [3.63, 3.8) is 0 Å². The lowest BCUT2D eigenvalue weighted by molar-refractivity contribution is -0.0957.